The molecule has 4 nitrogen and oxygen atoms in total. The molecule has 0 aliphatic carbocycles. The molecule has 0 radical (unpaired) electrons. The average molecular weight is 328 g/mol. The van der Waals surface area contributed by atoms with Crippen LogP contribution in [0.2, 0.25) is 0 Å². The first-order valence-corrected chi connectivity index (χ1v) is 6.80. The number of aldehydes is 1. The van der Waals surface area contributed by atoms with E-state index < -0.39 is 0 Å². The number of rotatable bonds is 3. The van der Waals surface area contributed by atoms with Crippen LogP contribution in [0.4, 0.5) is 0 Å². The Bertz CT molecular complexity index is 753. The van der Waals surface area contributed by atoms with Crippen molar-refractivity contribution >= 4 is 22.2 Å². The lowest BCUT2D eigenvalue weighted by Gasteiger charge is -2.01. The molecule has 1 aromatic carbocycles. The van der Waals surface area contributed by atoms with Crippen LogP contribution >= 0.6 is 15.9 Å². The molecule has 0 saturated carbocycles. The van der Waals surface area contributed by atoms with Crippen molar-refractivity contribution in [2.75, 3.05) is 0 Å². The molecular weight excluding hydrogens is 318 g/mol. The molecule has 0 fully saturated rings. The van der Waals surface area contributed by atoms with E-state index >= 15 is 0 Å². The highest BCUT2D eigenvalue weighted by molar-refractivity contribution is 9.10. The van der Waals surface area contributed by atoms with Gasteiger partial charge < -0.3 is 0 Å². The summed E-state index contributed by atoms with van der Waals surface area (Å²) in [6, 6.07) is 13.2. The van der Waals surface area contributed by atoms with Crippen molar-refractivity contribution in [3.8, 4) is 17.1 Å². The van der Waals surface area contributed by atoms with Crippen LogP contribution in [0.15, 0.2) is 59.3 Å². The van der Waals surface area contributed by atoms with Crippen LogP contribution in [0.25, 0.3) is 17.1 Å². The van der Waals surface area contributed by atoms with Crippen LogP contribution in [0.5, 0.6) is 0 Å². The normalized spacial score (nSPS) is 10.4. The molecule has 0 bridgehead atoms. The highest BCUT2D eigenvalue weighted by Crippen LogP contribution is 2.29. The Morgan fingerprint density at radius 2 is 1.90 bits per heavy atom. The topological polar surface area (TPSA) is 47.8 Å². The fourth-order valence-electron chi connectivity index (χ4n) is 1.94. The minimum Gasteiger partial charge on any atom is -0.298 e. The third-order valence-corrected chi connectivity index (χ3v) is 3.57. The summed E-state index contributed by atoms with van der Waals surface area (Å²) in [5.41, 5.74) is 2.05. The second kappa shape index (κ2) is 5.38. The molecule has 0 spiro atoms. The van der Waals surface area contributed by atoms with Crippen molar-refractivity contribution in [1.82, 2.24) is 14.8 Å². The molecule has 2 aromatic heterocycles. The van der Waals surface area contributed by atoms with E-state index in [-0.39, 0.29) is 0 Å². The van der Waals surface area contributed by atoms with Gasteiger partial charge in [-0.25, -0.2) is 9.67 Å². The molecule has 3 rings (SSSR count). The van der Waals surface area contributed by atoms with Crippen molar-refractivity contribution in [3.05, 3.63) is 64.9 Å². The van der Waals surface area contributed by atoms with Gasteiger partial charge in [0.15, 0.2) is 12.1 Å². The van der Waals surface area contributed by atoms with Crippen LogP contribution in [-0.2, 0) is 0 Å². The van der Waals surface area contributed by atoms with E-state index in [1.54, 1.807) is 17.1 Å². The summed E-state index contributed by atoms with van der Waals surface area (Å²) in [5.74, 6) is 0.675. The van der Waals surface area contributed by atoms with Gasteiger partial charge in [-0.1, -0.05) is 40.2 Å². The number of hydrogen-bond acceptors (Lipinski definition) is 3. The summed E-state index contributed by atoms with van der Waals surface area (Å²) in [6.07, 6.45) is 4.18. The first-order chi connectivity index (χ1) is 9.79. The second-order valence-electron chi connectivity index (χ2n) is 4.16. The van der Waals surface area contributed by atoms with Crippen molar-refractivity contribution in [2.45, 2.75) is 0 Å². The van der Waals surface area contributed by atoms with E-state index in [4.69, 9.17) is 0 Å². The molecule has 0 unspecified atom stereocenters. The maximum Gasteiger partial charge on any atom is 0.153 e. The molecule has 0 aliphatic rings. The fraction of sp³-hybridized carbons (Fsp3) is 0. The Kier molecular flexibility index (Phi) is 3.43. The average Bonchev–Trinajstić information content (AvgIpc) is 2.93. The van der Waals surface area contributed by atoms with Gasteiger partial charge in [-0.2, -0.15) is 5.10 Å². The zero-order valence-electron chi connectivity index (χ0n) is 10.4. The molecule has 2 heterocycles. The van der Waals surface area contributed by atoms with Crippen molar-refractivity contribution in [2.24, 2.45) is 0 Å². The molecule has 98 valence electrons. The van der Waals surface area contributed by atoms with E-state index in [0.29, 0.717) is 17.1 Å². The first-order valence-electron chi connectivity index (χ1n) is 6.01. The van der Waals surface area contributed by atoms with Gasteiger partial charge in [0, 0.05) is 22.4 Å². The summed E-state index contributed by atoms with van der Waals surface area (Å²) in [4.78, 5) is 15.5. The molecule has 3 aromatic rings. The monoisotopic (exact) mass is 327 g/mol. The van der Waals surface area contributed by atoms with Gasteiger partial charge in [0.25, 0.3) is 0 Å². The first kappa shape index (κ1) is 12.7. The summed E-state index contributed by atoms with van der Waals surface area (Å²) in [7, 11) is 0. The third-order valence-electron chi connectivity index (χ3n) is 2.88. The number of halogens is 1. The van der Waals surface area contributed by atoms with Crippen LogP contribution in [0, 0.1) is 0 Å². The van der Waals surface area contributed by atoms with Gasteiger partial charge in [0.05, 0.1) is 5.56 Å². The minimum atomic E-state index is 0.530. The highest BCUT2D eigenvalue weighted by atomic mass is 79.9. The summed E-state index contributed by atoms with van der Waals surface area (Å²) >= 11 is 3.48. The van der Waals surface area contributed by atoms with Crippen LogP contribution in [0.3, 0.4) is 0 Å². The molecule has 0 atom stereocenters. The Morgan fingerprint density at radius 3 is 2.60 bits per heavy atom. The van der Waals surface area contributed by atoms with E-state index in [2.05, 4.69) is 26.0 Å². The third kappa shape index (κ3) is 2.28. The SMILES string of the molecule is O=Cc1cn(-c2ccccn2)nc1-c1ccccc1Br. The van der Waals surface area contributed by atoms with Crippen molar-refractivity contribution in [3.63, 3.8) is 0 Å². The standard InChI is InChI=1S/C15H10BrN3O/c16-13-6-2-1-5-12(13)15-11(10-20)9-19(18-15)14-7-3-4-8-17-14/h1-10H. The number of nitrogens with zero attached hydrogens (tertiary/aromatic N) is 3. The number of hydrogen-bond donors (Lipinski definition) is 0. The molecule has 20 heavy (non-hydrogen) atoms. The summed E-state index contributed by atoms with van der Waals surface area (Å²) in [5, 5.41) is 4.48. The van der Waals surface area contributed by atoms with E-state index in [1.807, 2.05) is 42.5 Å². The van der Waals surface area contributed by atoms with Gasteiger partial charge in [-0.15, -0.1) is 0 Å². The largest absolute Gasteiger partial charge is 0.298 e. The lowest BCUT2D eigenvalue weighted by molar-refractivity contribution is 0.112. The Labute approximate surface area is 124 Å². The Balaban J connectivity index is 2.16. The summed E-state index contributed by atoms with van der Waals surface area (Å²) in [6.45, 7) is 0. The predicted molar refractivity (Wildman–Crippen MR) is 79.9 cm³/mol. The van der Waals surface area contributed by atoms with E-state index in [1.165, 1.54) is 0 Å². The number of benzene rings is 1. The van der Waals surface area contributed by atoms with Gasteiger partial charge >= 0.3 is 0 Å². The van der Waals surface area contributed by atoms with Gasteiger partial charge in [-0.05, 0) is 18.2 Å². The molecule has 5 heteroatoms. The summed E-state index contributed by atoms with van der Waals surface area (Å²) < 4.78 is 2.51. The fourth-order valence-corrected chi connectivity index (χ4v) is 2.42. The Morgan fingerprint density at radius 1 is 1.10 bits per heavy atom. The maximum atomic E-state index is 11.3. The number of carbonyl (C=O) groups excluding carboxylic acids is 1. The number of carbonyl (C=O) groups is 1. The Hall–Kier alpha value is -2.27. The lowest BCUT2D eigenvalue weighted by atomic mass is 10.1. The van der Waals surface area contributed by atoms with Gasteiger partial charge in [0.2, 0.25) is 0 Å². The van der Waals surface area contributed by atoms with Crippen LogP contribution in [0.1, 0.15) is 10.4 Å². The maximum absolute atomic E-state index is 11.3. The highest BCUT2D eigenvalue weighted by Gasteiger charge is 2.14. The molecular formula is C15H10BrN3O. The molecule has 0 N–H and O–H groups in total. The smallest absolute Gasteiger partial charge is 0.153 e. The van der Waals surface area contributed by atoms with Gasteiger partial charge in [-0.3, -0.25) is 4.79 Å². The quantitative estimate of drug-likeness (QED) is 0.691. The minimum absolute atomic E-state index is 0.530. The zero-order valence-corrected chi connectivity index (χ0v) is 12.0. The number of aromatic nitrogens is 3. The second-order valence-corrected chi connectivity index (χ2v) is 5.02. The van der Waals surface area contributed by atoms with Crippen LogP contribution < -0.4 is 0 Å². The molecule has 0 saturated heterocycles. The molecule has 0 amide bonds. The number of pyridine rings is 1. The van der Waals surface area contributed by atoms with Crippen LogP contribution in [-0.4, -0.2) is 21.1 Å². The predicted octanol–water partition coefficient (Wildman–Crippen LogP) is 3.51. The van der Waals surface area contributed by atoms with Crippen molar-refractivity contribution < 1.29 is 4.79 Å². The molecule has 0 aliphatic heterocycles. The van der Waals surface area contributed by atoms with Gasteiger partial charge in [0.1, 0.15) is 5.69 Å². The zero-order chi connectivity index (χ0) is 13.9. The lowest BCUT2D eigenvalue weighted by Crippen LogP contribution is -1.97. The van der Waals surface area contributed by atoms with Crippen molar-refractivity contribution in [1.29, 1.82) is 0 Å². The van der Waals surface area contributed by atoms with E-state index in [9.17, 15) is 4.79 Å². The van der Waals surface area contributed by atoms with E-state index in [0.717, 1.165) is 16.3 Å².